The van der Waals surface area contributed by atoms with E-state index in [9.17, 15) is 4.79 Å². The number of carbonyl (C=O) groups excluding carboxylic acids is 1. The van der Waals surface area contributed by atoms with Crippen LogP contribution in [-0.4, -0.2) is 44.8 Å². The van der Waals surface area contributed by atoms with E-state index in [4.69, 9.17) is 14.2 Å². The van der Waals surface area contributed by atoms with E-state index < -0.39 is 6.04 Å². The molecule has 1 aromatic carbocycles. The smallest absolute Gasteiger partial charge is 0.330 e. The van der Waals surface area contributed by atoms with Crippen LogP contribution in [-0.2, 0) is 25.4 Å². The topological polar surface area (TPSA) is 57.1 Å². The van der Waals surface area contributed by atoms with Gasteiger partial charge in [0.15, 0.2) is 12.3 Å². The van der Waals surface area contributed by atoms with Crippen molar-refractivity contribution in [1.29, 1.82) is 0 Å². The molecule has 0 amide bonds. The van der Waals surface area contributed by atoms with Crippen molar-refractivity contribution in [3.63, 3.8) is 0 Å². The third-order valence-corrected chi connectivity index (χ3v) is 3.25. The first kappa shape index (κ1) is 15.7. The number of benzene rings is 1. The lowest BCUT2D eigenvalue weighted by molar-refractivity contribution is -0.142. The van der Waals surface area contributed by atoms with Crippen LogP contribution in [0.2, 0.25) is 0 Å². The molecule has 1 atom stereocenters. The van der Waals surface area contributed by atoms with Crippen LogP contribution in [0.3, 0.4) is 0 Å². The summed E-state index contributed by atoms with van der Waals surface area (Å²) in [5, 5.41) is 0. The normalized spacial score (nSPS) is 17.2. The molecule has 114 valence electrons. The Morgan fingerprint density at radius 3 is 2.76 bits per heavy atom. The largest absolute Gasteiger partial charge is 0.467 e. The zero-order chi connectivity index (χ0) is 14.9. The van der Waals surface area contributed by atoms with Gasteiger partial charge in [-0.25, -0.2) is 4.79 Å². The van der Waals surface area contributed by atoms with Gasteiger partial charge >= 0.3 is 5.97 Å². The van der Waals surface area contributed by atoms with E-state index in [1.54, 1.807) is 6.21 Å². The summed E-state index contributed by atoms with van der Waals surface area (Å²) in [5.41, 5.74) is 1.06. The standard InChI is InChI=1S/C16H21NO4/c1-19-16(18)14(12-13-6-3-2-4-7-13)17-9-5-8-15-20-10-11-21-15/h2-4,6-7,9,14-15H,5,8,10-12H2,1H3. The summed E-state index contributed by atoms with van der Waals surface area (Å²) in [7, 11) is 1.38. The molecular weight excluding hydrogens is 270 g/mol. The first-order valence-corrected chi connectivity index (χ1v) is 7.16. The first-order valence-electron chi connectivity index (χ1n) is 7.16. The van der Waals surface area contributed by atoms with Gasteiger partial charge < -0.3 is 14.2 Å². The van der Waals surface area contributed by atoms with Crippen LogP contribution >= 0.6 is 0 Å². The zero-order valence-corrected chi connectivity index (χ0v) is 12.2. The molecule has 0 saturated carbocycles. The molecule has 0 aromatic heterocycles. The van der Waals surface area contributed by atoms with Crippen molar-refractivity contribution in [1.82, 2.24) is 0 Å². The van der Waals surface area contributed by atoms with Gasteiger partial charge in [0.1, 0.15) is 0 Å². The van der Waals surface area contributed by atoms with Gasteiger partial charge in [0, 0.05) is 12.8 Å². The maximum Gasteiger partial charge on any atom is 0.330 e. The summed E-state index contributed by atoms with van der Waals surface area (Å²) in [5.74, 6) is -0.316. The lowest BCUT2D eigenvalue weighted by atomic mass is 10.1. The van der Waals surface area contributed by atoms with Crippen LogP contribution in [0.5, 0.6) is 0 Å². The lowest BCUT2D eigenvalue weighted by Gasteiger charge is -2.10. The molecule has 0 bridgehead atoms. The maximum atomic E-state index is 11.8. The molecule has 2 rings (SSSR count). The van der Waals surface area contributed by atoms with E-state index >= 15 is 0 Å². The lowest BCUT2D eigenvalue weighted by Crippen LogP contribution is -2.23. The van der Waals surface area contributed by atoms with Gasteiger partial charge in [-0.2, -0.15) is 0 Å². The average Bonchev–Trinajstić information content (AvgIpc) is 3.04. The van der Waals surface area contributed by atoms with Gasteiger partial charge in [-0.3, -0.25) is 4.99 Å². The Labute approximate surface area is 124 Å². The number of aliphatic imine (C=N–C) groups is 1. The highest BCUT2D eigenvalue weighted by Gasteiger charge is 2.18. The molecule has 1 aliphatic heterocycles. The highest BCUT2D eigenvalue weighted by molar-refractivity contribution is 5.78. The third-order valence-electron chi connectivity index (χ3n) is 3.25. The SMILES string of the molecule is COC(=O)C(Cc1ccccc1)N=CCCC1OCCO1. The fourth-order valence-corrected chi connectivity index (χ4v) is 2.16. The number of hydrogen-bond acceptors (Lipinski definition) is 5. The summed E-state index contributed by atoms with van der Waals surface area (Å²) in [6, 6.07) is 9.30. The highest BCUT2D eigenvalue weighted by atomic mass is 16.7. The summed E-state index contributed by atoms with van der Waals surface area (Å²) < 4.78 is 15.5. The second-order valence-corrected chi connectivity index (χ2v) is 4.81. The van der Waals surface area contributed by atoms with E-state index in [1.165, 1.54) is 7.11 Å². The zero-order valence-electron chi connectivity index (χ0n) is 12.2. The number of rotatable bonds is 7. The van der Waals surface area contributed by atoms with Gasteiger partial charge in [0.05, 0.1) is 20.3 Å². The number of esters is 1. The summed E-state index contributed by atoms with van der Waals surface area (Å²) in [6.45, 7) is 1.31. The average molecular weight is 291 g/mol. The van der Waals surface area contributed by atoms with E-state index in [2.05, 4.69) is 4.99 Å². The summed E-state index contributed by atoms with van der Waals surface area (Å²) in [4.78, 5) is 16.1. The number of nitrogens with zero attached hydrogens (tertiary/aromatic N) is 1. The third kappa shape index (κ3) is 5.28. The molecule has 5 heteroatoms. The van der Waals surface area contributed by atoms with Crippen molar-refractivity contribution in [2.45, 2.75) is 31.6 Å². The summed E-state index contributed by atoms with van der Waals surface area (Å²) >= 11 is 0. The number of ether oxygens (including phenoxy) is 3. The molecule has 0 aliphatic carbocycles. The first-order chi connectivity index (χ1) is 10.3. The maximum absolute atomic E-state index is 11.8. The second kappa shape index (κ2) is 8.54. The predicted octanol–water partition coefficient (Wildman–Crippen LogP) is 1.99. The van der Waals surface area contributed by atoms with E-state index in [0.717, 1.165) is 12.0 Å². The van der Waals surface area contributed by atoms with Gasteiger partial charge in [0.2, 0.25) is 0 Å². The van der Waals surface area contributed by atoms with Crippen molar-refractivity contribution >= 4 is 12.2 Å². The van der Waals surface area contributed by atoms with Gasteiger partial charge in [-0.05, 0) is 18.2 Å². The minimum atomic E-state index is -0.497. The molecule has 0 radical (unpaired) electrons. The predicted molar refractivity (Wildman–Crippen MR) is 79.4 cm³/mol. The molecule has 1 aromatic rings. The van der Waals surface area contributed by atoms with Gasteiger partial charge in [-0.1, -0.05) is 30.3 Å². The Morgan fingerprint density at radius 2 is 2.10 bits per heavy atom. The Hall–Kier alpha value is -1.72. The molecule has 0 N–H and O–H groups in total. The van der Waals surface area contributed by atoms with Crippen molar-refractivity contribution in [2.75, 3.05) is 20.3 Å². The quantitative estimate of drug-likeness (QED) is 0.569. The van der Waals surface area contributed by atoms with Crippen LogP contribution in [0, 0.1) is 0 Å². The molecule has 21 heavy (non-hydrogen) atoms. The van der Waals surface area contributed by atoms with Crippen molar-refractivity contribution in [3.05, 3.63) is 35.9 Å². The highest BCUT2D eigenvalue weighted by Crippen LogP contribution is 2.10. The Bertz CT molecular complexity index is 455. The van der Waals surface area contributed by atoms with E-state index in [1.807, 2.05) is 30.3 Å². The van der Waals surface area contributed by atoms with E-state index in [-0.39, 0.29) is 12.3 Å². The number of hydrogen-bond donors (Lipinski definition) is 0. The fraction of sp³-hybridized carbons (Fsp3) is 0.500. The number of methoxy groups -OCH3 is 1. The fourth-order valence-electron chi connectivity index (χ4n) is 2.16. The Kier molecular flexibility index (Phi) is 6.37. The molecule has 0 spiro atoms. The number of carbonyl (C=O) groups is 1. The molecule has 1 fully saturated rings. The van der Waals surface area contributed by atoms with Crippen LogP contribution in [0.1, 0.15) is 18.4 Å². The van der Waals surface area contributed by atoms with Crippen molar-refractivity contribution < 1.29 is 19.0 Å². The molecule has 1 heterocycles. The minimum absolute atomic E-state index is 0.137. The van der Waals surface area contributed by atoms with Crippen LogP contribution in [0.4, 0.5) is 0 Å². The van der Waals surface area contributed by atoms with Gasteiger partial charge in [0.25, 0.3) is 0 Å². The van der Waals surface area contributed by atoms with Gasteiger partial charge in [-0.15, -0.1) is 0 Å². The van der Waals surface area contributed by atoms with Crippen LogP contribution in [0.15, 0.2) is 35.3 Å². The van der Waals surface area contributed by atoms with E-state index in [0.29, 0.717) is 26.1 Å². The summed E-state index contributed by atoms with van der Waals surface area (Å²) in [6.07, 6.45) is 3.63. The molecular formula is C16H21NO4. The van der Waals surface area contributed by atoms with Crippen LogP contribution < -0.4 is 0 Å². The Morgan fingerprint density at radius 1 is 1.38 bits per heavy atom. The van der Waals surface area contributed by atoms with Crippen molar-refractivity contribution in [3.8, 4) is 0 Å². The Balaban J connectivity index is 1.85. The second-order valence-electron chi connectivity index (χ2n) is 4.81. The van der Waals surface area contributed by atoms with Crippen molar-refractivity contribution in [2.24, 2.45) is 4.99 Å². The molecule has 1 aliphatic rings. The molecule has 5 nitrogen and oxygen atoms in total. The molecule has 1 unspecified atom stereocenters. The minimum Gasteiger partial charge on any atom is -0.467 e. The monoisotopic (exact) mass is 291 g/mol. The van der Waals surface area contributed by atoms with Crippen LogP contribution in [0.25, 0.3) is 0 Å². The molecule has 1 saturated heterocycles.